The largest absolute Gasteiger partial charge is 0.497 e. The highest BCUT2D eigenvalue weighted by Crippen LogP contribution is 2.30. The van der Waals surface area contributed by atoms with Crippen molar-refractivity contribution in [2.24, 2.45) is 0 Å². The number of methoxy groups -OCH3 is 2. The molecule has 2 N–H and O–H groups in total. The second-order valence-electron chi connectivity index (χ2n) is 5.99. The number of benzene rings is 2. The fourth-order valence-electron chi connectivity index (χ4n) is 2.62. The highest BCUT2D eigenvalue weighted by molar-refractivity contribution is 6.31. The predicted molar refractivity (Wildman–Crippen MR) is 111 cm³/mol. The van der Waals surface area contributed by atoms with Gasteiger partial charge in [-0.3, -0.25) is 9.78 Å². The second kappa shape index (κ2) is 8.63. The molecule has 0 saturated heterocycles. The van der Waals surface area contributed by atoms with Gasteiger partial charge in [-0.15, -0.1) is 0 Å². The molecule has 1 heterocycles. The summed E-state index contributed by atoms with van der Waals surface area (Å²) in [7, 11) is 3.09. The molecule has 0 aliphatic rings. The normalized spacial score (nSPS) is 10.3. The van der Waals surface area contributed by atoms with E-state index in [1.165, 1.54) is 7.11 Å². The van der Waals surface area contributed by atoms with Crippen LogP contribution in [0.1, 0.15) is 16.1 Å². The van der Waals surface area contributed by atoms with Crippen molar-refractivity contribution < 1.29 is 14.3 Å². The predicted octanol–water partition coefficient (Wildman–Crippen LogP) is 5.06. The third kappa shape index (κ3) is 4.35. The average molecular weight is 398 g/mol. The minimum absolute atomic E-state index is 0.266. The smallest absolute Gasteiger partial charge is 0.274 e. The van der Waals surface area contributed by atoms with Crippen LogP contribution in [0.5, 0.6) is 11.5 Å². The monoisotopic (exact) mass is 397 g/mol. The number of pyridine rings is 1. The molecule has 0 radical (unpaired) electrons. The molecular formula is C21H20ClN3O3. The van der Waals surface area contributed by atoms with Gasteiger partial charge in [-0.25, -0.2) is 0 Å². The van der Waals surface area contributed by atoms with Crippen LogP contribution in [0.25, 0.3) is 0 Å². The standard InChI is InChI=1S/C21H20ClN3O3/c1-13-16(22)5-4-6-17(13)24-14-9-10-23-19(11-14)21(26)25-18-8-7-15(27-2)12-20(18)28-3/h4-12H,1-3H3,(H,23,24)(H,25,26). The number of aromatic nitrogens is 1. The summed E-state index contributed by atoms with van der Waals surface area (Å²) in [6.07, 6.45) is 1.57. The Labute approximate surface area is 168 Å². The van der Waals surface area contributed by atoms with Gasteiger partial charge >= 0.3 is 0 Å². The zero-order valence-corrected chi connectivity index (χ0v) is 16.5. The first-order valence-corrected chi connectivity index (χ1v) is 8.91. The van der Waals surface area contributed by atoms with Crippen LogP contribution in [0.3, 0.4) is 0 Å². The van der Waals surface area contributed by atoms with E-state index < -0.39 is 0 Å². The van der Waals surface area contributed by atoms with Gasteiger partial charge in [-0.2, -0.15) is 0 Å². The maximum Gasteiger partial charge on any atom is 0.274 e. The molecule has 0 aliphatic heterocycles. The summed E-state index contributed by atoms with van der Waals surface area (Å²) < 4.78 is 10.5. The minimum Gasteiger partial charge on any atom is -0.497 e. The Bertz CT molecular complexity index is 1010. The molecule has 1 amide bonds. The lowest BCUT2D eigenvalue weighted by molar-refractivity contribution is 0.102. The number of halogens is 1. The molecule has 6 nitrogen and oxygen atoms in total. The maximum absolute atomic E-state index is 12.7. The first kappa shape index (κ1) is 19.5. The van der Waals surface area contributed by atoms with E-state index in [4.69, 9.17) is 21.1 Å². The van der Waals surface area contributed by atoms with Crippen LogP contribution in [0.15, 0.2) is 54.7 Å². The van der Waals surface area contributed by atoms with E-state index in [0.29, 0.717) is 22.2 Å². The molecule has 144 valence electrons. The quantitative estimate of drug-likeness (QED) is 0.608. The van der Waals surface area contributed by atoms with E-state index in [-0.39, 0.29) is 11.6 Å². The molecule has 0 atom stereocenters. The molecular weight excluding hydrogens is 378 g/mol. The Morgan fingerprint density at radius 2 is 1.86 bits per heavy atom. The van der Waals surface area contributed by atoms with E-state index in [2.05, 4.69) is 15.6 Å². The lowest BCUT2D eigenvalue weighted by Crippen LogP contribution is -2.14. The molecule has 1 aromatic heterocycles. The SMILES string of the molecule is COc1ccc(NC(=O)c2cc(Nc3cccc(Cl)c3C)ccn2)c(OC)c1. The summed E-state index contributed by atoms with van der Waals surface area (Å²) in [4.78, 5) is 16.8. The number of hydrogen-bond acceptors (Lipinski definition) is 5. The van der Waals surface area contributed by atoms with Crippen molar-refractivity contribution in [1.29, 1.82) is 0 Å². The minimum atomic E-state index is -0.352. The molecule has 0 spiro atoms. The average Bonchev–Trinajstić information content (AvgIpc) is 2.72. The number of nitrogens with one attached hydrogen (secondary N) is 2. The zero-order valence-electron chi connectivity index (χ0n) is 15.7. The highest BCUT2D eigenvalue weighted by atomic mass is 35.5. The first-order valence-electron chi connectivity index (χ1n) is 8.53. The molecule has 28 heavy (non-hydrogen) atoms. The lowest BCUT2D eigenvalue weighted by Gasteiger charge is -2.13. The van der Waals surface area contributed by atoms with Crippen LogP contribution < -0.4 is 20.1 Å². The van der Waals surface area contributed by atoms with Gasteiger partial charge in [-0.05, 0) is 48.9 Å². The van der Waals surface area contributed by atoms with Crippen LogP contribution in [0.4, 0.5) is 17.1 Å². The third-order valence-electron chi connectivity index (χ3n) is 4.20. The van der Waals surface area contributed by atoms with Gasteiger partial charge in [0.05, 0.1) is 19.9 Å². The molecule has 3 aromatic rings. The number of hydrogen-bond donors (Lipinski definition) is 2. The topological polar surface area (TPSA) is 72.5 Å². The van der Waals surface area contributed by atoms with Crippen molar-refractivity contribution in [2.75, 3.05) is 24.9 Å². The summed E-state index contributed by atoms with van der Waals surface area (Å²) in [6, 6.07) is 14.2. The summed E-state index contributed by atoms with van der Waals surface area (Å²) >= 11 is 6.16. The van der Waals surface area contributed by atoms with E-state index in [9.17, 15) is 4.79 Å². The fourth-order valence-corrected chi connectivity index (χ4v) is 2.79. The van der Waals surface area contributed by atoms with Crippen molar-refractivity contribution >= 4 is 34.6 Å². The van der Waals surface area contributed by atoms with E-state index >= 15 is 0 Å². The molecule has 0 aliphatic carbocycles. The van der Waals surface area contributed by atoms with Gasteiger partial charge in [0.2, 0.25) is 0 Å². The summed E-state index contributed by atoms with van der Waals surface area (Å²) in [5, 5.41) is 6.74. The fraction of sp³-hybridized carbons (Fsp3) is 0.143. The van der Waals surface area contributed by atoms with Crippen molar-refractivity contribution in [1.82, 2.24) is 4.98 Å². The summed E-state index contributed by atoms with van der Waals surface area (Å²) in [5.41, 5.74) is 3.31. The summed E-state index contributed by atoms with van der Waals surface area (Å²) in [6.45, 7) is 1.93. The molecule has 0 saturated carbocycles. The Hall–Kier alpha value is -3.25. The van der Waals surface area contributed by atoms with Crippen molar-refractivity contribution in [3.05, 3.63) is 71.0 Å². The third-order valence-corrected chi connectivity index (χ3v) is 4.61. The number of nitrogens with zero attached hydrogens (tertiary/aromatic N) is 1. The van der Waals surface area contributed by atoms with Crippen molar-refractivity contribution in [2.45, 2.75) is 6.92 Å². The zero-order chi connectivity index (χ0) is 20.1. The number of ether oxygens (including phenoxy) is 2. The molecule has 2 aromatic carbocycles. The first-order chi connectivity index (χ1) is 13.5. The van der Waals surface area contributed by atoms with Gasteiger partial charge in [0.25, 0.3) is 5.91 Å². The number of carbonyl (C=O) groups is 1. The molecule has 3 rings (SSSR count). The van der Waals surface area contributed by atoms with E-state index in [1.807, 2.05) is 25.1 Å². The van der Waals surface area contributed by atoms with Crippen LogP contribution in [-0.4, -0.2) is 25.1 Å². The van der Waals surface area contributed by atoms with Crippen LogP contribution in [0.2, 0.25) is 5.02 Å². The van der Waals surface area contributed by atoms with Crippen LogP contribution in [0, 0.1) is 6.92 Å². The van der Waals surface area contributed by atoms with Gasteiger partial charge in [0, 0.05) is 28.7 Å². The van der Waals surface area contributed by atoms with E-state index in [1.54, 1.807) is 43.6 Å². The van der Waals surface area contributed by atoms with Gasteiger partial charge in [0.1, 0.15) is 17.2 Å². The molecule has 7 heteroatoms. The number of anilines is 3. The Morgan fingerprint density at radius 1 is 1.04 bits per heavy atom. The van der Waals surface area contributed by atoms with Gasteiger partial charge < -0.3 is 20.1 Å². The molecule has 0 unspecified atom stereocenters. The highest BCUT2D eigenvalue weighted by Gasteiger charge is 2.13. The second-order valence-corrected chi connectivity index (χ2v) is 6.39. The Kier molecular flexibility index (Phi) is 6.01. The maximum atomic E-state index is 12.7. The number of rotatable bonds is 6. The molecule has 0 fully saturated rings. The summed E-state index contributed by atoms with van der Waals surface area (Å²) in [5.74, 6) is 0.780. The van der Waals surface area contributed by atoms with Crippen molar-refractivity contribution in [3.8, 4) is 11.5 Å². The van der Waals surface area contributed by atoms with Gasteiger partial charge in [0.15, 0.2) is 0 Å². The van der Waals surface area contributed by atoms with Gasteiger partial charge in [-0.1, -0.05) is 17.7 Å². The number of carbonyl (C=O) groups excluding carboxylic acids is 1. The van der Waals surface area contributed by atoms with Crippen molar-refractivity contribution in [3.63, 3.8) is 0 Å². The lowest BCUT2D eigenvalue weighted by atomic mass is 10.2. The Balaban J connectivity index is 1.80. The van der Waals surface area contributed by atoms with Crippen LogP contribution in [-0.2, 0) is 0 Å². The van der Waals surface area contributed by atoms with Crippen LogP contribution >= 0.6 is 11.6 Å². The molecule has 0 bridgehead atoms. The number of amides is 1. The Morgan fingerprint density at radius 3 is 2.61 bits per heavy atom. The van der Waals surface area contributed by atoms with E-state index in [0.717, 1.165) is 16.9 Å².